The van der Waals surface area contributed by atoms with Gasteiger partial charge in [-0.25, -0.2) is 0 Å². The number of aliphatic hydroxyl groups is 1. The molecule has 222 valence electrons. The summed E-state index contributed by atoms with van der Waals surface area (Å²) in [5.74, 6) is -1.21. The number of nitrogens with two attached hydrogens (primary N) is 1. The Balaban J connectivity index is 1.43. The van der Waals surface area contributed by atoms with E-state index in [4.69, 9.17) is 5.73 Å². The number of nitrogens with zero attached hydrogens (tertiary/aromatic N) is 1. The lowest BCUT2D eigenvalue weighted by Crippen LogP contribution is -2.38. The number of hydrogen-bond acceptors (Lipinski definition) is 5. The van der Waals surface area contributed by atoms with Gasteiger partial charge in [-0.3, -0.25) is 9.59 Å². The number of aliphatic hydroxyl groups excluding tert-OH is 1. The first-order valence-corrected chi connectivity index (χ1v) is 13.9. The van der Waals surface area contributed by atoms with Crippen LogP contribution in [0.2, 0.25) is 0 Å². The molecule has 0 spiro atoms. The second-order valence-corrected chi connectivity index (χ2v) is 10.4. The third-order valence-corrected chi connectivity index (χ3v) is 7.23. The van der Waals surface area contributed by atoms with Gasteiger partial charge in [0.1, 0.15) is 0 Å². The molecule has 2 amide bonds. The van der Waals surface area contributed by atoms with E-state index in [0.717, 1.165) is 49.2 Å². The molecule has 2 unspecified atom stereocenters. The first-order chi connectivity index (χ1) is 20.1. The summed E-state index contributed by atoms with van der Waals surface area (Å²) >= 11 is 0. The fourth-order valence-corrected chi connectivity index (χ4v) is 4.97. The number of rotatable bonds is 10. The van der Waals surface area contributed by atoms with Gasteiger partial charge in [0.05, 0.1) is 29.0 Å². The maximum absolute atomic E-state index is 13.4. The minimum absolute atomic E-state index is 0.279. The number of carbonyl (C=O) groups is 2. The molecule has 0 aliphatic carbocycles. The summed E-state index contributed by atoms with van der Waals surface area (Å²) in [6.07, 6.45) is 1.16. The van der Waals surface area contributed by atoms with Crippen LogP contribution in [-0.4, -0.2) is 47.6 Å². The van der Waals surface area contributed by atoms with E-state index in [0.29, 0.717) is 30.8 Å². The van der Waals surface area contributed by atoms with E-state index in [-0.39, 0.29) is 23.6 Å². The average Bonchev–Trinajstić information content (AvgIpc) is 2.96. The number of halogens is 3. The molecule has 0 saturated carbocycles. The van der Waals surface area contributed by atoms with Gasteiger partial charge in [-0.15, -0.1) is 0 Å². The number of benzene rings is 3. The van der Waals surface area contributed by atoms with Crippen molar-refractivity contribution in [1.82, 2.24) is 4.90 Å². The normalized spacial score (nSPS) is 16.7. The van der Waals surface area contributed by atoms with E-state index < -0.39 is 17.7 Å². The van der Waals surface area contributed by atoms with Gasteiger partial charge in [-0.05, 0) is 92.4 Å². The third-order valence-electron chi connectivity index (χ3n) is 7.23. The highest BCUT2D eigenvalue weighted by Gasteiger charge is 2.30. The molecule has 7 nitrogen and oxygen atoms in total. The Hall–Kier alpha value is -4.15. The van der Waals surface area contributed by atoms with Gasteiger partial charge in [0.15, 0.2) is 0 Å². The molecule has 5 N–H and O–H groups in total. The zero-order valence-electron chi connectivity index (χ0n) is 23.1. The van der Waals surface area contributed by atoms with Gasteiger partial charge in [-0.2, -0.15) is 13.2 Å². The molecule has 3 aromatic rings. The summed E-state index contributed by atoms with van der Waals surface area (Å²) in [4.78, 5) is 27.9. The summed E-state index contributed by atoms with van der Waals surface area (Å²) in [5, 5.41) is 15.5. The molecule has 4 rings (SSSR count). The highest BCUT2D eigenvalue weighted by Crippen LogP contribution is 2.31. The van der Waals surface area contributed by atoms with Crippen molar-refractivity contribution in [2.45, 2.75) is 43.9 Å². The number of alkyl halides is 3. The number of anilines is 3. The van der Waals surface area contributed by atoms with E-state index in [1.807, 2.05) is 12.1 Å². The van der Waals surface area contributed by atoms with E-state index in [1.165, 1.54) is 18.2 Å². The van der Waals surface area contributed by atoms with Crippen LogP contribution in [0, 0.1) is 0 Å². The van der Waals surface area contributed by atoms with Crippen LogP contribution in [0.15, 0.2) is 78.9 Å². The van der Waals surface area contributed by atoms with Crippen molar-refractivity contribution in [2.24, 2.45) is 0 Å². The molecule has 1 fully saturated rings. The predicted octanol–water partition coefficient (Wildman–Crippen LogP) is 5.90. The van der Waals surface area contributed by atoms with Crippen LogP contribution in [0.25, 0.3) is 6.08 Å². The van der Waals surface area contributed by atoms with Gasteiger partial charge in [0, 0.05) is 18.3 Å². The lowest BCUT2D eigenvalue weighted by molar-refractivity contribution is -0.137. The van der Waals surface area contributed by atoms with Crippen molar-refractivity contribution in [3.63, 3.8) is 0 Å². The molecule has 1 heterocycles. The molecule has 2 atom stereocenters. The van der Waals surface area contributed by atoms with Gasteiger partial charge < -0.3 is 26.4 Å². The van der Waals surface area contributed by atoms with E-state index >= 15 is 0 Å². The third kappa shape index (κ3) is 8.92. The van der Waals surface area contributed by atoms with Crippen LogP contribution >= 0.6 is 0 Å². The van der Waals surface area contributed by atoms with Crippen molar-refractivity contribution in [1.29, 1.82) is 0 Å². The Morgan fingerprint density at radius 3 is 2.40 bits per heavy atom. The van der Waals surface area contributed by atoms with Crippen LogP contribution in [0.1, 0.15) is 48.3 Å². The number of nitrogens with one attached hydrogen (secondary N) is 2. The average molecular weight is 581 g/mol. The number of amides is 2. The summed E-state index contributed by atoms with van der Waals surface area (Å²) in [5.41, 5.74) is 7.84. The van der Waals surface area contributed by atoms with Gasteiger partial charge in [-0.1, -0.05) is 36.4 Å². The Kier molecular flexibility index (Phi) is 10.4. The maximum Gasteiger partial charge on any atom is 0.416 e. The van der Waals surface area contributed by atoms with E-state index in [9.17, 15) is 27.9 Å². The predicted molar refractivity (Wildman–Crippen MR) is 159 cm³/mol. The number of piperidine rings is 1. The van der Waals surface area contributed by atoms with Crippen molar-refractivity contribution in [3.8, 4) is 0 Å². The molecule has 1 aliphatic rings. The van der Waals surface area contributed by atoms with Crippen LogP contribution in [0.4, 0.5) is 30.2 Å². The van der Waals surface area contributed by atoms with Crippen molar-refractivity contribution in [2.75, 3.05) is 36.0 Å². The fraction of sp³-hybridized carbons (Fsp3) is 0.312. The molecule has 3 aromatic carbocycles. The standard InChI is InChI=1S/C32H35F3N4O3/c33-32(34,35)24-14-16-25(17-15-24)37-31(42)27(6-4-20-39-19-3-5-26(40)21-39)23-12-9-22(10-13-23)11-18-30(41)38-29-8-2-1-7-28(29)36/h1-2,7-18,26-27,40H,3-6,19-21,36H2,(H,37,42)(H,38,41)/b18-11+. The monoisotopic (exact) mass is 580 g/mol. The quantitative estimate of drug-likeness (QED) is 0.177. The number of β-amino-alcohol motifs (C(OH)–C–C–N with tert-alkyl or cyclic N) is 1. The van der Waals surface area contributed by atoms with E-state index in [2.05, 4.69) is 15.5 Å². The smallest absolute Gasteiger partial charge is 0.397 e. The Morgan fingerprint density at radius 2 is 1.74 bits per heavy atom. The first kappa shape index (κ1) is 30.8. The van der Waals surface area contributed by atoms with Crippen molar-refractivity contribution >= 4 is 35.0 Å². The molecule has 42 heavy (non-hydrogen) atoms. The largest absolute Gasteiger partial charge is 0.416 e. The second-order valence-electron chi connectivity index (χ2n) is 10.4. The zero-order valence-corrected chi connectivity index (χ0v) is 23.1. The molecule has 0 radical (unpaired) electrons. The Morgan fingerprint density at radius 1 is 1.02 bits per heavy atom. The topological polar surface area (TPSA) is 108 Å². The molecular formula is C32H35F3N4O3. The van der Waals surface area contributed by atoms with Crippen LogP contribution in [0.3, 0.4) is 0 Å². The number of nitrogen functional groups attached to an aromatic ring is 1. The lowest BCUT2D eigenvalue weighted by atomic mass is 9.92. The number of hydrogen-bond donors (Lipinski definition) is 4. The molecular weight excluding hydrogens is 545 g/mol. The number of carbonyl (C=O) groups excluding carboxylic acids is 2. The van der Waals surface area contributed by atoms with Crippen LogP contribution in [-0.2, 0) is 15.8 Å². The highest BCUT2D eigenvalue weighted by atomic mass is 19.4. The number of likely N-dealkylation sites (tertiary alicyclic amines) is 1. The molecule has 1 saturated heterocycles. The minimum Gasteiger partial charge on any atom is -0.397 e. The molecule has 0 aromatic heterocycles. The Bertz CT molecular complexity index is 1380. The summed E-state index contributed by atoms with van der Waals surface area (Å²) in [7, 11) is 0. The highest BCUT2D eigenvalue weighted by molar-refractivity contribution is 6.03. The SMILES string of the molecule is Nc1ccccc1NC(=O)/C=C/c1ccc(C(CCCN2CCCC(O)C2)C(=O)Nc2ccc(C(F)(F)F)cc2)cc1. The lowest BCUT2D eigenvalue weighted by Gasteiger charge is -2.30. The summed E-state index contributed by atoms with van der Waals surface area (Å²) in [6.45, 7) is 2.22. The van der Waals surface area contributed by atoms with Gasteiger partial charge >= 0.3 is 6.18 Å². The van der Waals surface area contributed by atoms with Gasteiger partial charge in [0.25, 0.3) is 0 Å². The molecule has 10 heteroatoms. The van der Waals surface area contributed by atoms with Crippen LogP contribution < -0.4 is 16.4 Å². The first-order valence-electron chi connectivity index (χ1n) is 13.9. The summed E-state index contributed by atoms with van der Waals surface area (Å²) in [6, 6.07) is 18.5. The number of para-hydroxylation sites is 2. The van der Waals surface area contributed by atoms with Gasteiger partial charge in [0.2, 0.25) is 11.8 Å². The maximum atomic E-state index is 13.4. The summed E-state index contributed by atoms with van der Waals surface area (Å²) < 4.78 is 38.9. The Labute approximate surface area is 243 Å². The minimum atomic E-state index is -4.46. The second kappa shape index (κ2) is 14.2. The van der Waals surface area contributed by atoms with Crippen molar-refractivity contribution in [3.05, 3.63) is 95.6 Å². The van der Waals surface area contributed by atoms with E-state index in [1.54, 1.807) is 42.5 Å². The fourth-order valence-electron chi connectivity index (χ4n) is 4.97. The molecule has 1 aliphatic heterocycles. The van der Waals surface area contributed by atoms with Crippen molar-refractivity contribution < 1.29 is 27.9 Å². The van der Waals surface area contributed by atoms with Crippen LogP contribution in [0.5, 0.6) is 0 Å². The molecule has 0 bridgehead atoms. The zero-order chi connectivity index (χ0) is 30.1.